The Morgan fingerprint density at radius 2 is 1.83 bits per heavy atom. The van der Waals surface area contributed by atoms with Gasteiger partial charge in [-0.15, -0.1) is 0 Å². The van der Waals surface area contributed by atoms with Gasteiger partial charge < -0.3 is 10.0 Å². The van der Waals surface area contributed by atoms with Crippen LogP contribution in [-0.2, 0) is 11.2 Å². The van der Waals surface area contributed by atoms with Crippen molar-refractivity contribution in [2.75, 3.05) is 6.54 Å². The van der Waals surface area contributed by atoms with Crippen LogP contribution in [0.4, 0.5) is 0 Å². The first-order chi connectivity index (χ1) is 13.9. The number of fused-ring (bicyclic) bond motifs is 1. The Bertz CT molecular complexity index is 1210. The molecule has 29 heavy (non-hydrogen) atoms. The maximum absolute atomic E-state index is 12.8. The molecular formula is C21H18ClN3O4. The van der Waals surface area contributed by atoms with Crippen LogP contribution in [-0.4, -0.2) is 32.0 Å². The van der Waals surface area contributed by atoms with E-state index in [0.29, 0.717) is 23.7 Å². The molecule has 3 aromatic rings. The summed E-state index contributed by atoms with van der Waals surface area (Å²) in [6.45, 7) is 1.82. The number of benzene rings is 2. The number of rotatable bonds is 2. The van der Waals surface area contributed by atoms with Gasteiger partial charge in [-0.25, -0.2) is 9.36 Å². The highest BCUT2D eigenvalue weighted by Crippen LogP contribution is 2.37. The summed E-state index contributed by atoms with van der Waals surface area (Å²) in [5, 5.41) is 11.5. The third kappa shape index (κ3) is 3.23. The number of carbonyl (C=O) groups excluding carboxylic acids is 1. The minimum Gasteiger partial charge on any atom is -0.494 e. The Balaban J connectivity index is 2.00. The zero-order valence-corrected chi connectivity index (χ0v) is 16.3. The molecule has 2 N–H and O–H groups in total. The number of H-pyrrole nitrogens is 1. The standard InChI is InChI=1S/C21H18ClN3O4/c1-12(26)24-11-10-13-4-2-3-5-16(13)18(24)17-19(27)23-21(29)25(20(17)28)15-8-6-14(22)7-9-15/h2-9,18,28H,10-11H2,1H3,(H,23,27,29). The van der Waals surface area contributed by atoms with Crippen LogP contribution in [0.3, 0.4) is 0 Å². The Morgan fingerprint density at radius 3 is 2.52 bits per heavy atom. The summed E-state index contributed by atoms with van der Waals surface area (Å²) < 4.78 is 1.00. The van der Waals surface area contributed by atoms with E-state index in [2.05, 4.69) is 4.98 Å². The van der Waals surface area contributed by atoms with Gasteiger partial charge in [0.1, 0.15) is 5.56 Å². The molecule has 1 amide bonds. The van der Waals surface area contributed by atoms with E-state index in [-0.39, 0.29) is 11.5 Å². The normalized spacial score (nSPS) is 15.8. The lowest BCUT2D eigenvalue weighted by atomic mass is 9.89. The molecule has 2 aromatic carbocycles. The first-order valence-electron chi connectivity index (χ1n) is 9.07. The van der Waals surface area contributed by atoms with Gasteiger partial charge in [0.25, 0.3) is 5.56 Å². The van der Waals surface area contributed by atoms with Crippen molar-refractivity contribution in [2.45, 2.75) is 19.4 Å². The Hall–Kier alpha value is -3.32. The average Bonchev–Trinajstić information content (AvgIpc) is 2.69. The molecule has 0 bridgehead atoms. The summed E-state index contributed by atoms with van der Waals surface area (Å²) in [6.07, 6.45) is 0.641. The van der Waals surface area contributed by atoms with Gasteiger partial charge in [0, 0.05) is 18.5 Å². The van der Waals surface area contributed by atoms with Gasteiger partial charge in [0.15, 0.2) is 0 Å². The summed E-state index contributed by atoms with van der Waals surface area (Å²) in [5.41, 5.74) is 0.506. The van der Waals surface area contributed by atoms with E-state index >= 15 is 0 Å². The zero-order chi connectivity index (χ0) is 20.7. The number of aromatic amines is 1. The third-order valence-corrected chi connectivity index (χ3v) is 5.42. The molecule has 1 aliphatic heterocycles. The fraction of sp³-hybridized carbons (Fsp3) is 0.190. The molecule has 0 saturated carbocycles. The summed E-state index contributed by atoms with van der Waals surface area (Å²) in [5.74, 6) is -0.735. The minimum absolute atomic E-state index is 0.0538. The number of nitrogens with zero attached hydrogens (tertiary/aromatic N) is 2. The van der Waals surface area contributed by atoms with Gasteiger partial charge in [0.2, 0.25) is 11.8 Å². The molecule has 148 valence electrons. The highest BCUT2D eigenvalue weighted by Gasteiger charge is 2.35. The molecular weight excluding hydrogens is 394 g/mol. The van der Waals surface area contributed by atoms with Gasteiger partial charge >= 0.3 is 5.69 Å². The topological polar surface area (TPSA) is 95.4 Å². The van der Waals surface area contributed by atoms with Gasteiger partial charge in [-0.05, 0) is 41.8 Å². The number of aromatic hydroxyl groups is 1. The van der Waals surface area contributed by atoms with Crippen molar-refractivity contribution in [2.24, 2.45) is 0 Å². The van der Waals surface area contributed by atoms with E-state index in [0.717, 1.165) is 15.7 Å². The molecule has 1 atom stereocenters. The van der Waals surface area contributed by atoms with Crippen LogP contribution in [0.25, 0.3) is 5.69 Å². The summed E-state index contributed by atoms with van der Waals surface area (Å²) in [7, 11) is 0. The highest BCUT2D eigenvalue weighted by molar-refractivity contribution is 6.30. The third-order valence-electron chi connectivity index (χ3n) is 5.17. The van der Waals surface area contributed by atoms with Crippen LogP contribution in [0, 0.1) is 0 Å². The van der Waals surface area contributed by atoms with E-state index in [1.54, 1.807) is 24.3 Å². The Kier molecular flexibility index (Phi) is 4.76. The van der Waals surface area contributed by atoms with E-state index < -0.39 is 23.2 Å². The van der Waals surface area contributed by atoms with Crippen molar-refractivity contribution in [3.63, 3.8) is 0 Å². The van der Waals surface area contributed by atoms with Crippen LogP contribution in [0.1, 0.15) is 29.7 Å². The Morgan fingerprint density at radius 1 is 1.14 bits per heavy atom. The number of nitrogens with one attached hydrogen (secondary N) is 1. The maximum atomic E-state index is 12.8. The molecule has 1 aliphatic rings. The fourth-order valence-corrected chi connectivity index (χ4v) is 3.96. The number of aromatic nitrogens is 2. The minimum atomic E-state index is -0.805. The average molecular weight is 412 g/mol. The molecule has 1 unspecified atom stereocenters. The second-order valence-electron chi connectivity index (χ2n) is 6.87. The fourth-order valence-electron chi connectivity index (χ4n) is 3.83. The van der Waals surface area contributed by atoms with Crippen LogP contribution in [0.5, 0.6) is 5.88 Å². The lowest BCUT2D eigenvalue weighted by Gasteiger charge is -2.36. The first kappa shape index (κ1) is 19.0. The number of amides is 1. The van der Waals surface area contributed by atoms with E-state index in [9.17, 15) is 19.5 Å². The van der Waals surface area contributed by atoms with Gasteiger partial charge in [-0.1, -0.05) is 35.9 Å². The molecule has 7 nitrogen and oxygen atoms in total. The Labute approximate surface area is 170 Å². The lowest BCUT2D eigenvalue weighted by Crippen LogP contribution is -2.43. The van der Waals surface area contributed by atoms with Crippen molar-refractivity contribution in [1.82, 2.24) is 14.5 Å². The van der Waals surface area contributed by atoms with Crippen molar-refractivity contribution in [3.05, 3.63) is 91.1 Å². The monoisotopic (exact) mass is 411 g/mol. The van der Waals surface area contributed by atoms with Crippen molar-refractivity contribution >= 4 is 17.5 Å². The van der Waals surface area contributed by atoms with Crippen LogP contribution in [0.2, 0.25) is 5.02 Å². The van der Waals surface area contributed by atoms with Crippen molar-refractivity contribution in [1.29, 1.82) is 0 Å². The molecule has 0 radical (unpaired) electrons. The maximum Gasteiger partial charge on any atom is 0.335 e. The molecule has 8 heteroatoms. The van der Waals surface area contributed by atoms with Gasteiger partial charge in [-0.3, -0.25) is 14.6 Å². The van der Waals surface area contributed by atoms with Gasteiger partial charge in [0.05, 0.1) is 11.7 Å². The SMILES string of the molecule is CC(=O)N1CCc2ccccc2C1c1c(O)n(-c2ccc(Cl)cc2)c(=O)[nH]c1=O. The predicted octanol–water partition coefficient (Wildman–Crippen LogP) is 2.38. The number of hydrogen-bond acceptors (Lipinski definition) is 4. The van der Waals surface area contributed by atoms with E-state index in [1.165, 1.54) is 11.8 Å². The summed E-state index contributed by atoms with van der Waals surface area (Å²) in [4.78, 5) is 41.4. The molecule has 0 spiro atoms. The van der Waals surface area contributed by atoms with E-state index in [4.69, 9.17) is 11.6 Å². The molecule has 0 aliphatic carbocycles. The molecule has 2 heterocycles. The smallest absolute Gasteiger partial charge is 0.335 e. The van der Waals surface area contributed by atoms with Crippen LogP contribution < -0.4 is 11.2 Å². The molecule has 0 fully saturated rings. The predicted molar refractivity (Wildman–Crippen MR) is 109 cm³/mol. The van der Waals surface area contributed by atoms with Crippen molar-refractivity contribution < 1.29 is 9.90 Å². The largest absolute Gasteiger partial charge is 0.494 e. The second kappa shape index (κ2) is 7.25. The lowest BCUT2D eigenvalue weighted by molar-refractivity contribution is -0.130. The molecule has 4 rings (SSSR count). The first-order valence-corrected chi connectivity index (χ1v) is 9.45. The zero-order valence-electron chi connectivity index (χ0n) is 15.6. The van der Waals surface area contributed by atoms with Gasteiger partial charge in [-0.2, -0.15) is 0 Å². The molecule has 1 aromatic heterocycles. The summed E-state index contributed by atoms with van der Waals surface area (Å²) >= 11 is 5.92. The quantitative estimate of drug-likeness (QED) is 0.676. The number of hydrogen-bond donors (Lipinski definition) is 2. The van der Waals surface area contributed by atoms with E-state index in [1.807, 2.05) is 24.3 Å². The number of halogens is 1. The van der Waals surface area contributed by atoms with Crippen molar-refractivity contribution in [3.8, 4) is 11.6 Å². The summed E-state index contributed by atoms with van der Waals surface area (Å²) in [6, 6.07) is 12.9. The molecule has 0 saturated heterocycles. The number of carbonyl (C=O) groups is 1. The second-order valence-corrected chi connectivity index (χ2v) is 7.31. The highest BCUT2D eigenvalue weighted by atomic mass is 35.5. The van der Waals surface area contributed by atoms with Crippen LogP contribution in [0.15, 0.2) is 58.1 Å². The van der Waals surface area contributed by atoms with Crippen LogP contribution >= 0.6 is 11.6 Å².